The van der Waals surface area contributed by atoms with Gasteiger partial charge >= 0.3 is 0 Å². The number of nitrogens with zero attached hydrogens (tertiary/aromatic N) is 5. The van der Waals surface area contributed by atoms with Gasteiger partial charge in [0.2, 0.25) is 0 Å². The van der Waals surface area contributed by atoms with Gasteiger partial charge in [-0.25, -0.2) is 9.97 Å². The first-order chi connectivity index (χ1) is 13.2. The Labute approximate surface area is 158 Å². The zero-order valence-electron chi connectivity index (χ0n) is 15.8. The summed E-state index contributed by atoms with van der Waals surface area (Å²) in [6.07, 6.45) is 7.96. The smallest absolute Gasteiger partial charge is 0.261 e. The van der Waals surface area contributed by atoms with Crippen LogP contribution in [0.3, 0.4) is 0 Å². The van der Waals surface area contributed by atoms with Crippen LogP contribution in [0.2, 0.25) is 0 Å². The van der Waals surface area contributed by atoms with E-state index in [4.69, 9.17) is 9.97 Å². The second-order valence-electron chi connectivity index (χ2n) is 7.78. The molecule has 1 saturated heterocycles. The minimum Gasteiger partial charge on any atom is -0.335 e. The van der Waals surface area contributed by atoms with Crippen LogP contribution in [0.25, 0.3) is 10.9 Å². The summed E-state index contributed by atoms with van der Waals surface area (Å²) in [6, 6.07) is 7.80. The van der Waals surface area contributed by atoms with Gasteiger partial charge in [-0.15, -0.1) is 0 Å². The van der Waals surface area contributed by atoms with Crippen molar-refractivity contribution in [2.24, 2.45) is 7.05 Å². The molecule has 0 radical (unpaired) electrons. The maximum Gasteiger partial charge on any atom is 0.261 e. The molecule has 1 unspecified atom stereocenters. The van der Waals surface area contributed by atoms with Gasteiger partial charge in [0.25, 0.3) is 5.56 Å². The maximum absolute atomic E-state index is 12.8. The Kier molecular flexibility index (Phi) is 4.08. The van der Waals surface area contributed by atoms with Crippen LogP contribution in [0.15, 0.2) is 35.3 Å². The molecule has 0 aliphatic carbocycles. The van der Waals surface area contributed by atoms with E-state index in [1.807, 2.05) is 31.3 Å². The second-order valence-corrected chi connectivity index (χ2v) is 7.78. The molecular formula is C21H25N5O. The van der Waals surface area contributed by atoms with Crippen LogP contribution in [0.5, 0.6) is 0 Å². The number of hydrogen-bond acceptors (Lipinski definition) is 4. The molecule has 4 heterocycles. The third-order valence-electron chi connectivity index (χ3n) is 6.00. The van der Waals surface area contributed by atoms with Crippen LogP contribution in [-0.4, -0.2) is 30.5 Å². The highest BCUT2D eigenvalue weighted by atomic mass is 16.1. The minimum absolute atomic E-state index is 0.0416. The number of rotatable bonds is 3. The highest BCUT2D eigenvalue weighted by Crippen LogP contribution is 2.32. The predicted octanol–water partition coefficient (Wildman–Crippen LogP) is 2.80. The lowest BCUT2D eigenvalue weighted by atomic mass is 10.1. The van der Waals surface area contributed by atoms with Crippen LogP contribution < -0.4 is 5.56 Å². The van der Waals surface area contributed by atoms with Crippen molar-refractivity contribution in [2.45, 2.75) is 51.2 Å². The summed E-state index contributed by atoms with van der Waals surface area (Å²) in [5.74, 6) is 2.10. The Balaban J connectivity index is 1.48. The fourth-order valence-corrected chi connectivity index (χ4v) is 4.60. The van der Waals surface area contributed by atoms with Crippen LogP contribution in [0, 0.1) is 0 Å². The van der Waals surface area contributed by atoms with Crippen molar-refractivity contribution < 1.29 is 0 Å². The molecule has 1 aromatic carbocycles. The van der Waals surface area contributed by atoms with Gasteiger partial charge in [-0.3, -0.25) is 14.3 Å². The number of likely N-dealkylation sites (tertiary alicyclic amines) is 1. The van der Waals surface area contributed by atoms with Crippen molar-refractivity contribution >= 4 is 10.9 Å². The van der Waals surface area contributed by atoms with Crippen molar-refractivity contribution in [2.75, 3.05) is 6.54 Å². The Morgan fingerprint density at radius 1 is 1.11 bits per heavy atom. The Bertz CT molecular complexity index is 1030. The third-order valence-corrected chi connectivity index (χ3v) is 6.00. The van der Waals surface area contributed by atoms with E-state index >= 15 is 0 Å². The first-order valence-electron chi connectivity index (χ1n) is 9.95. The zero-order valence-corrected chi connectivity index (χ0v) is 15.8. The van der Waals surface area contributed by atoms with Crippen molar-refractivity contribution in [3.63, 3.8) is 0 Å². The first kappa shape index (κ1) is 16.7. The number of aromatic nitrogens is 4. The summed E-state index contributed by atoms with van der Waals surface area (Å²) in [4.78, 5) is 25.0. The van der Waals surface area contributed by atoms with E-state index in [-0.39, 0.29) is 11.6 Å². The molecule has 1 atom stereocenters. The molecule has 0 spiro atoms. The molecule has 27 heavy (non-hydrogen) atoms. The molecule has 1 fully saturated rings. The highest BCUT2D eigenvalue weighted by molar-refractivity contribution is 5.77. The molecule has 2 aromatic heterocycles. The Morgan fingerprint density at radius 3 is 2.89 bits per heavy atom. The number of aryl methyl sites for hydroxylation is 2. The van der Waals surface area contributed by atoms with Crippen LogP contribution >= 0.6 is 0 Å². The molecule has 0 saturated carbocycles. The van der Waals surface area contributed by atoms with Gasteiger partial charge in [0.15, 0.2) is 0 Å². The lowest BCUT2D eigenvalue weighted by Gasteiger charge is -2.24. The van der Waals surface area contributed by atoms with Gasteiger partial charge in [-0.05, 0) is 44.4 Å². The molecule has 2 aliphatic heterocycles. The summed E-state index contributed by atoms with van der Waals surface area (Å²) in [6.45, 7) is 2.94. The summed E-state index contributed by atoms with van der Waals surface area (Å²) in [5.41, 5.74) is 1.98. The maximum atomic E-state index is 12.8. The SMILES string of the molecule is Cn1c(C2CCCN2Cc2cn3c(n2)CCCC3)nc2ccccc2c1=O. The summed E-state index contributed by atoms with van der Waals surface area (Å²) < 4.78 is 4.05. The summed E-state index contributed by atoms with van der Waals surface area (Å²) >= 11 is 0. The topological polar surface area (TPSA) is 56.0 Å². The van der Waals surface area contributed by atoms with E-state index in [2.05, 4.69) is 15.7 Å². The number of hydrogen-bond donors (Lipinski definition) is 0. The molecule has 2 aliphatic rings. The lowest BCUT2D eigenvalue weighted by molar-refractivity contribution is 0.232. The van der Waals surface area contributed by atoms with Crippen molar-refractivity contribution in [1.82, 2.24) is 24.0 Å². The molecule has 0 bridgehead atoms. The third kappa shape index (κ3) is 2.88. The van der Waals surface area contributed by atoms with Crippen molar-refractivity contribution in [3.8, 4) is 0 Å². The quantitative estimate of drug-likeness (QED) is 0.718. The average molecular weight is 363 g/mol. The van der Waals surface area contributed by atoms with E-state index in [1.165, 1.54) is 18.7 Å². The highest BCUT2D eigenvalue weighted by Gasteiger charge is 2.30. The normalized spacial score (nSPS) is 20.3. The molecule has 6 heteroatoms. The molecular weight excluding hydrogens is 338 g/mol. The fourth-order valence-electron chi connectivity index (χ4n) is 4.60. The number of para-hydroxylation sites is 1. The van der Waals surface area contributed by atoms with E-state index < -0.39 is 0 Å². The van der Waals surface area contributed by atoms with E-state index in [0.717, 1.165) is 55.9 Å². The van der Waals surface area contributed by atoms with Gasteiger partial charge < -0.3 is 4.57 Å². The van der Waals surface area contributed by atoms with Crippen molar-refractivity contribution in [1.29, 1.82) is 0 Å². The molecule has 6 nitrogen and oxygen atoms in total. The lowest BCUT2D eigenvalue weighted by Crippen LogP contribution is -2.30. The average Bonchev–Trinajstić information content (AvgIpc) is 3.31. The van der Waals surface area contributed by atoms with Gasteiger partial charge in [0.05, 0.1) is 22.6 Å². The molecule has 3 aromatic rings. The van der Waals surface area contributed by atoms with Crippen LogP contribution in [0.4, 0.5) is 0 Å². The Hall–Kier alpha value is -2.47. The first-order valence-corrected chi connectivity index (χ1v) is 9.95. The molecule has 0 amide bonds. The van der Waals surface area contributed by atoms with Crippen molar-refractivity contribution in [3.05, 3.63) is 58.2 Å². The fraction of sp³-hybridized carbons (Fsp3) is 0.476. The molecule has 0 N–H and O–H groups in total. The van der Waals surface area contributed by atoms with Gasteiger partial charge in [0, 0.05) is 32.8 Å². The van der Waals surface area contributed by atoms with Gasteiger partial charge in [-0.1, -0.05) is 12.1 Å². The number of benzene rings is 1. The second kappa shape index (κ2) is 6.60. The molecule has 5 rings (SSSR count). The summed E-state index contributed by atoms with van der Waals surface area (Å²) in [5, 5.41) is 0.690. The van der Waals surface area contributed by atoms with E-state index in [0.29, 0.717) is 5.39 Å². The minimum atomic E-state index is 0.0416. The largest absolute Gasteiger partial charge is 0.335 e. The van der Waals surface area contributed by atoms with E-state index in [9.17, 15) is 4.79 Å². The van der Waals surface area contributed by atoms with E-state index in [1.54, 1.807) is 4.57 Å². The molecule has 140 valence electrons. The summed E-state index contributed by atoms with van der Waals surface area (Å²) in [7, 11) is 1.85. The van der Waals surface area contributed by atoms with Gasteiger partial charge in [0.1, 0.15) is 11.6 Å². The monoisotopic (exact) mass is 363 g/mol. The van der Waals surface area contributed by atoms with Crippen LogP contribution in [-0.2, 0) is 26.6 Å². The van der Waals surface area contributed by atoms with Crippen LogP contribution in [0.1, 0.15) is 49.1 Å². The zero-order chi connectivity index (χ0) is 18.4. The Morgan fingerprint density at radius 2 is 2.00 bits per heavy atom. The standard InChI is InChI=1S/C21H25N5O/c1-24-20(23-17-8-3-2-7-16(17)21(24)27)18-9-6-12-25(18)13-15-14-26-11-5-4-10-19(26)22-15/h2-3,7-8,14,18H,4-6,9-13H2,1H3. The predicted molar refractivity (Wildman–Crippen MR) is 105 cm³/mol. The number of fused-ring (bicyclic) bond motifs is 2. The number of imidazole rings is 1. The van der Waals surface area contributed by atoms with Gasteiger partial charge in [-0.2, -0.15) is 0 Å².